The van der Waals surface area contributed by atoms with E-state index in [-0.39, 0.29) is 16.6 Å². The predicted octanol–water partition coefficient (Wildman–Crippen LogP) is 1.39. The summed E-state index contributed by atoms with van der Waals surface area (Å²) in [6.45, 7) is 2.93. The minimum Gasteiger partial charge on any atom is -0.379 e. The molecule has 4 aliphatic rings. The molecule has 3 unspecified atom stereocenters. The van der Waals surface area contributed by atoms with Crippen molar-refractivity contribution in [2.45, 2.75) is 17.6 Å². The number of hydrogen-bond donors (Lipinski definition) is 1. The first-order valence-electron chi connectivity index (χ1n) is 7.96. The van der Waals surface area contributed by atoms with Gasteiger partial charge in [-0.25, -0.2) is 5.01 Å². The van der Waals surface area contributed by atoms with Gasteiger partial charge in [-0.1, -0.05) is 12.2 Å². The normalized spacial score (nSPS) is 37.4. The fourth-order valence-corrected chi connectivity index (χ4v) is 5.67. The zero-order valence-corrected chi connectivity index (χ0v) is 13.3. The minimum absolute atomic E-state index is 0.0243. The maximum atomic E-state index is 12.8. The van der Waals surface area contributed by atoms with Crippen LogP contribution in [0, 0.1) is 11.8 Å². The molecule has 5 nitrogen and oxygen atoms in total. The van der Waals surface area contributed by atoms with E-state index < -0.39 is 0 Å². The third-order valence-electron chi connectivity index (χ3n) is 5.06. The second kappa shape index (κ2) is 5.83. The van der Waals surface area contributed by atoms with Crippen molar-refractivity contribution in [2.75, 3.05) is 32.1 Å². The highest BCUT2D eigenvalue weighted by Gasteiger charge is 2.54. The van der Waals surface area contributed by atoms with E-state index in [2.05, 4.69) is 28.6 Å². The molecule has 4 rings (SSSR count). The van der Waals surface area contributed by atoms with Gasteiger partial charge in [-0.3, -0.25) is 15.2 Å². The van der Waals surface area contributed by atoms with Crippen LogP contribution >= 0.6 is 11.8 Å². The van der Waals surface area contributed by atoms with Crippen LogP contribution in [0.2, 0.25) is 0 Å². The fourth-order valence-electron chi connectivity index (χ4n) is 3.85. The molecular formula is C16H21N3O2S. The molecule has 0 aromatic rings. The lowest BCUT2D eigenvalue weighted by atomic mass is 9.74. The molecule has 118 valence electrons. The second-order valence-electron chi connectivity index (χ2n) is 6.22. The van der Waals surface area contributed by atoms with Gasteiger partial charge < -0.3 is 4.74 Å². The van der Waals surface area contributed by atoms with Crippen LogP contribution in [0.5, 0.6) is 0 Å². The van der Waals surface area contributed by atoms with E-state index in [1.165, 1.54) is 0 Å². The molecule has 1 N–H and O–H groups in total. The predicted molar refractivity (Wildman–Crippen MR) is 87.7 cm³/mol. The Bertz CT molecular complexity index is 554. The number of morpholine rings is 1. The van der Waals surface area contributed by atoms with E-state index in [9.17, 15) is 4.79 Å². The van der Waals surface area contributed by atoms with Crippen LogP contribution < -0.4 is 5.43 Å². The summed E-state index contributed by atoms with van der Waals surface area (Å²) in [6.07, 6.45) is 10.3. The maximum absolute atomic E-state index is 12.8. The molecular weight excluding hydrogens is 298 g/mol. The smallest absolute Gasteiger partial charge is 0.238 e. The zero-order chi connectivity index (χ0) is 15.0. The minimum atomic E-state index is 0.0243. The van der Waals surface area contributed by atoms with E-state index in [0.29, 0.717) is 19.1 Å². The summed E-state index contributed by atoms with van der Waals surface area (Å²) in [5.74, 6) is 1.47. The van der Waals surface area contributed by atoms with Crippen molar-refractivity contribution in [2.24, 2.45) is 16.8 Å². The van der Waals surface area contributed by atoms with Crippen molar-refractivity contribution in [1.82, 2.24) is 10.4 Å². The molecule has 0 radical (unpaired) electrons. The number of aliphatic imine (C=N–C) groups is 1. The highest BCUT2D eigenvalue weighted by atomic mass is 32.2. The Hall–Kier alpha value is -1.11. The van der Waals surface area contributed by atoms with Crippen LogP contribution in [0.25, 0.3) is 0 Å². The van der Waals surface area contributed by atoms with E-state index in [4.69, 9.17) is 4.74 Å². The summed E-state index contributed by atoms with van der Waals surface area (Å²) in [5, 5.41) is 2.00. The summed E-state index contributed by atoms with van der Waals surface area (Å²) in [7, 11) is 0. The Morgan fingerprint density at radius 1 is 1.45 bits per heavy atom. The van der Waals surface area contributed by atoms with Crippen LogP contribution in [-0.2, 0) is 9.53 Å². The molecule has 3 heterocycles. The maximum Gasteiger partial charge on any atom is 0.238 e. The fraction of sp³-hybridized carbons (Fsp3) is 0.625. The van der Waals surface area contributed by atoms with Crippen LogP contribution in [0.4, 0.5) is 0 Å². The molecule has 2 saturated heterocycles. The summed E-state index contributed by atoms with van der Waals surface area (Å²) >= 11 is 1.92. The van der Waals surface area contributed by atoms with Gasteiger partial charge in [0, 0.05) is 25.1 Å². The van der Waals surface area contributed by atoms with Gasteiger partial charge >= 0.3 is 0 Å². The number of nitrogens with one attached hydrogen (secondary N) is 1. The van der Waals surface area contributed by atoms with Crippen LogP contribution in [0.1, 0.15) is 12.8 Å². The number of rotatable bonds is 2. The molecule has 3 atom stereocenters. The van der Waals surface area contributed by atoms with Gasteiger partial charge in [-0.05, 0) is 24.8 Å². The third-order valence-corrected chi connectivity index (χ3v) is 6.78. The molecule has 0 bridgehead atoms. The van der Waals surface area contributed by atoms with E-state index in [1.807, 2.05) is 23.0 Å². The lowest BCUT2D eigenvalue weighted by Gasteiger charge is -2.39. The number of amides is 1. The number of carbonyl (C=O) groups is 1. The Balaban J connectivity index is 1.50. The number of carbonyl (C=O) groups excluding carboxylic acids is 1. The standard InChI is InChI=1S/C16H21N3O2S/c20-15(18-19-7-9-21-10-8-19)12-11-22-16-5-2-1-3-14(16)17-6-4-13(12)16/h1-3,6,12-13H,4-5,7-11H2,(H,18,20). The SMILES string of the molecule is O=C(NN1CCOCC1)C1CSC23CC=CC=C2N=CCC13. The molecule has 1 spiro atoms. The Morgan fingerprint density at radius 3 is 3.18 bits per heavy atom. The molecule has 2 fully saturated rings. The number of hydrazine groups is 1. The summed E-state index contributed by atoms with van der Waals surface area (Å²) in [6, 6.07) is 0. The van der Waals surface area contributed by atoms with Gasteiger partial charge in [-0.15, -0.1) is 11.8 Å². The summed E-state index contributed by atoms with van der Waals surface area (Å²) in [5.41, 5.74) is 4.26. The third kappa shape index (κ3) is 2.33. The van der Waals surface area contributed by atoms with Gasteiger partial charge in [0.1, 0.15) is 0 Å². The van der Waals surface area contributed by atoms with Gasteiger partial charge in [-0.2, -0.15) is 0 Å². The van der Waals surface area contributed by atoms with Crippen molar-refractivity contribution in [3.63, 3.8) is 0 Å². The van der Waals surface area contributed by atoms with Crippen molar-refractivity contribution < 1.29 is 9.53 Å². The molecule has 22 heavy (non-hydrogen) atoms. The van der Waals surface area contributed by atoms with Crippen molar-refractivity contribution >= 4 is 23.9 Å². The molecule has 0 saturated carbocycles. The number of ether oxygens (including phenoxy) is 1. The molecule has 3 aliphatic heterocycles. The Labute approximate surface area is 134 Å². The topological polar surface area (TPSA) is 53.9 Å². The number of allylic oxidation sites excluding steroid dienone is 3. The van der Waals surface area contributed by atoms with Crippen molar-refractivity contribution in [3.8, 4) is 0 Å². The number of hydrogen-bond acceptors (Lipinski definition) is 5. The highest BCUT2D eigenvalue weighted by Crippen LogP contribution is 2.56. The first-order valence-corrected chi connectivity index (χ1v) is 8.95. The van der Waals surface area contributed by atoms with Gasteiger partial charge in [0.15, 0.2) is 0 Å². The van der Waals surface area contributed by atoms with Crippen LogP contribution in [-0.4, -0.2) is 53.9 Å². The number of thioether (sulfide) groups is 1. The molecule has 0 aromatic carbocycles. The molecule has 1 amide bonds. The summed E-state index contributed by atoms with van der Waals surface area (Å²) < 4.78 is 5.36. The lowest BCUT2D eigenvalue weighted by Crippen LogP contribution is -2.52. The largest absolute Gasteiger partial charge is 0.379 e. The van der Waals surface area contributed by atoms with Crippen molar-refractivity contribution in [3.05, 3.63) is 23.9 Å². The zero-order valence-electron chi connectivity index (χ0n) is 12.5. The lowest BCUT2D eigenvalue weighted by molar-refractivity contribution is -0.132. The molecule has 0 aromatic heterocycles. The average molecular weight is 319 g/mol. The Kier molecular flexibility index (Phi) is 3.84. The van der Waals surface area contributed by atoms with Gasteiger partial charge in [0.05, 0.1) is 29.6 Å². The number of nitrogens with zero attached hydrogens (tertiary/aromatic N) is 2. The van der Waals surface area contributed by atoms with Crippen molar-refractivity contribution in [1.29, 1.82) is 0 Å². The van der Waals surface area contributed by atoms with E-state index >= 15 is 0 Å². The monoisotopic (exact) mass is 319 g/mol. The highest BCUT2D eigenvalue weighted by molar-refractivity contribution is 8.01. The van der Waals surface area contributed by atoms with Gasteiger partial charge in [0.2, 0.25) is 5.91 Å². The van der Waals surface area contributed by atoms with Gasteiger partial charge in [0.25, 0.3) is 0 Å². The van der Waals surface area contributed by atoms with E-state index in [1.54, 1.807) is 0 Å². The van der Waals surface area contributed by atoms with Crippen LogP contribution in [0.15, 0.2) is 28.9 Å². The molecule has 1 aliphatic carbocycles. The first-order chi connectivity index (χ1) is 10.8. The van der Waals surface area contributed by atoms with E-state index in [0.717, 1.165) is 37.4 Å². The average Bonchev–Trinajstić information content (AvgIpc) is 2.93. The van der Waals surface area contributed by atoms with Crippen LogP contribution in [0.3, 0.4) is 0 Å². The first kappa shape index (κ1) is 14.5. The quantitative estimate of drug-likeness (QED) is 0.836. The summed E-state index contributed by atoms with van der Waals surface area (Å²) in [4.78, 5) is 17.4. The Morgan fingerprint density at radius 2 is 2.32 bits per heavy atom. The molecule has 6 heteroatoms. The second-order valence-corrected chi connectivity index (χ2v) is 7.57.